The number of benzene rings is 1. The summed E-state index contributed by atoms with van der Waals surface area (Å²) in [5, 5.41) is 10.4. The lowest BCUT2D eigenvalue weighted by atomic mass is 9.97. The molecule has 1 unspecified atom stereocenters. The van der Waals surface area contributed by atoms with Crippen molar-refractivity contribution >= 4 is 18.3 Å². The molecule has 29 heavy (non-hydrogen) atoms. The second-order valence-corrected chi connectivity index (χ2v) is 8.19. The zero-order valence-electron chi connectivity index (χ0n) is 16.9. The molecule has 1 aliphatic carbocycles. The summed E-state index contributed by atoms with van der Waals surface area (Å²) >= 11 is 0. The Morgan fingerprint density at radius 1 is 1.14 bits per heavy atom. The normalized spacial score (nSPS) is 19.2. The maximum absolute atomic E-state index is 12.2. The van der Waals surface area contributed by atoms with Crippen molar-refractivity contribution in [2.24, 2.45) is 5.92 Å². The Hall–Kier alpha value is -1.92. The summed E-state index contributed by atoms with van der Waals surface area (Å²) in [5.41, 5.74) is 2.40. The van der Waals surface area contributed by atoms with Crippen LogP contribution in [0.2, 0.25) is 0 Å². The number of carbonyl (C=O) groups excluding carboxylic acids is 1. The number of aromatic nitrogens is 2. The summed E-state index contributed by atoms with van der Waals surface area (Å²) < 4.78 is 5.38. The van der Waals surface area contributed by atoms with Gasteiger partial charge in [0.05, 0.1) is 6.42 Å². The predicted molar refractivity (Wildman–Crippen MR) is 114 cm³/mol. The number of carbonyl (C=O) groups is 1. The van der Waals surface area contributed by atoms with Gasteiger partial charge in [0.25, 0.3) is 0 Å². The number of hydrogen-bond acceptors (Lipinski definition) is 5. The van der Waals surface area contributed by atoms with E-state index < -0.39 is 0 Å². The maximum Gasteiger partial charge on any atom is 0.229 e. The fourth-order valence-corrected chi connectivity index (χ4v) is 4.28. The van der Waals surface area contributed by atoms with E-state index in [0.29, 0.717) is 31.1 Å². The Morgan fingerprint density at radius 3 is 2.62 bits per heavy atom. The van der Waals surface area contributed by atoms with Crippen LogP contribution in [0, 0.1) is 5.92 Å². The highest BCUT2D eigenvalue weighted by Gasteiger charge is 2.22. The van der Waals surface area contributed by atoms with Crippen molar-refractivity contribution in [1.82, 2.24) is 20.8 Å². The summed E-state index contributed by atoms with van der Waals surface area (Å²) in [5.74, 6) is 2.67. The van der Waals surface area contributed by atoms with Crippen LogP contribution in [0.1, 0.15) is 60.9 Å². The molecule has 1 saturated heterocycles. The average molecular weight is 419 g/mol. The molecule has 2 aliphatic rings. The van der Waals surface area contributed by atoms with Crippen molar-refractivity contribution in [2.75, 3.05) is 19.6 Å². The Morgan fingerprint density at radius 2 is 1.90 bits per heavy atom. The summed E-state index contributed by atoms with van der Waals surface area (Å²) in [7, 11) is 0. The minimum absolute atomic E-state index is 0. The van der Waals surface area contributed by atoms with Crippen molar-refractivity contribution < 1.29 is 9.32 Å². The minimum atomic E-state index is 0. The van der Waals surface area contributed by atoms with E-state index >= 15 is 0 Å². The monoisotopic (exact) mass is 418 g/mol. The van der Waals surface area contributed by atoms with E-state index in [2.05, 4.69) is 45.0 Å². The number of amides is 1. The molecule has 2 N–H and O–H groups in total. The number of halogens is 1. The standard InChI is InChI=1S/C22H30N4O2.ClH/c27-21(14-17-7-5-16(6-8-17)13-18-9-11-23-15-18)24-12-10-20-25-22(28-26-20)19-3-1-2-4-19;/h5-8,18-19,23H,1-4,9-15H2,(H,24,27);1H. The van der Waals surface area contributed by atoms with Gasteiger partial charge in [-0.15, -0.1) is 12.4 Å². The van der Waals surface area contributed by atoms with E-state index in [1.54, 1.807) is 0 Å². The van der Waals surface area contributed by atoms with Gasteiger partial charge in [-0.1, -0.05) is 42.3 Å². The Labute approximate surface area is 178 Å². The Bertz CT molecular complexity index is 765. The van der Waals surface area contributed by atoms with Gasteiger partial charge in [-0.2, -0.15) is 4.98 Å². The van der Waals surface area contributed by atoms with Crippen molar-refractivity contribution in [2.45, 2.75) is 57.3 Å². The largest absolute Gasteiger partial charge is 0.355 e. The van der Waals surface area contributed by atoms with Crippen LogP contribution in [0.4, 0.5) is 0 Å². The number of nitrogens with zero attached hydrogens (tertiary/aromatic N) is 2. The van der Waals surface area contributed by atoms with Crippen LogP contribution in [-0.4, -0.2) is 35.7 Å². The lowest BCUT2D eigenvalue weighted by Gasteiger charge is -2.09. The van der Waals surface area contributed by atoms with Crippen molar-refractivity contribution in [3.05, 3.63) is 47.1 Å². The smallest absolute Gasteiger partial charge is 0.229 e. The molecule has 7 heteroatoms. The van der Waals surface area contributed by atoms with Gasteiger partial charge in [-0.3, -0.25) is 4.79 Å². The van der Waals surface area contributed by atoms with Crippen LogP contribution in [0.15, 0.2) is 28.8 Å². The van der Waals surface area contributed by atoms with Crippen LogP contribution in [-0.2, 0) is 24.1 Å². The van der Waals surface area contributed by atoms with Gasteiger partial charge in [0, 0.05) is 18.9 Å². The molecule has 1 saturated carbocycles. The highest BCUT2D eigenvalue weighted by molar-refractivity contribution is 5.85. The minimum Gasteiger partial charge on any atom is -0.355 e. The van der Waals surface area contributed by atoms with E-state index in [0.717, 1.165) is 49.7 Å². The lowest BCUT2D eigenvalue weighted by Crippen LogP contribution is -2.27. The molecule has 6 nitrogen and oxygen atoms in total. The highest BCUT2D eigenvalue weighted by atomic mass is 35.5. The summed E-state index contributed by atoms with van der Waals surface area (Å²) in [4.78, 5) is 16.7. The van der Waals surface area contributed by atoms with Gasteiger partial charge in [0.2, 0.25) is 11.8 Å². The van der Waals surface area contributed by atoms with Gasteiger partial charge in [-0.05, 0) is 55.8 Å². The predicted octanol–water partition coefficient (Wildman–Crippen LogP) is 3.20. The number of nitrogens with one attached hydrogen (secondary N) is 2. The first kappa shape index (κ1) is 21.8. The summed E-state index contributed by atoms with van der Waals surface area (Å²) in [6.07, 6.45) is 8.18. The number of hydrogen-bond donors (Lipinski definition) is 2. The fourth-order valence-electron chi connectivity index (χ4n) is 4.28. The molecule has 0 bridgehead atoms. The van der Waals surface area contributed by atoms with Gasteiger partial charge in [0.15, 0.2) is 5.82 Å². The molecular formula is C22H31ClN4O2. The zero-order chi connectivity index (χ0) is 19.2. The van der Waals surface area contributed by atoms with E-state index in [1.165, 1.54) is 24.8 Å². The van der Waals surface area contributed by atoms with E-state index in [9.17, 15) is 4.79 Å². The highest BCUT2D eigenvalue weighted by Crippen LogP contribution is 2.32. The first-order valence-electron chi connectivity index (χ1n) is 10.6. The van der Waals surface area contributed by atoms with Gasteiger partial charge in [0.1, 0.15) is 0 Å². The molecule has 2 fully saturated rings. The SMILES string of the molecule is Cl.O=C(Cc1ccc(CC2CCNC2)cc1)NCCc1noc(C2CCCC2)n1. The Balaban J connectivity index is 0.00000240. The van der Waals surface area contributed by atoms with Crippen LogP contribution in [0.25, 0.3) is 0 Å². The topological polar surface area (TPSA) is 80.0 Å². The average Bonchev–Trinajstić information content (AvgIpc) is 3.46. The van der Waals surface area contributed by atoms with E-state index in [4.69, 9.17) is 4.52 Å². The molecule has 0 spiro atoms. The molecule has 2 aromatic rings. The molecule has 1 aliphatic heterocycles. The first-order valence-corrected chi connectivity index (χ1v) is 10.6. The fraction of sp³-hybridized carbons (Fsp3) is 0.591. The second kappa shape index (κ2) is 10.7. The van der Waals surface area contributed by atoms with Gasteiger partial charge >= 0.3 is 0 Å². The number of rotatable bonds is 8. The molecule has 4 rings (SSSR count). The molecule has 2 heterocycles. The second-order valence-electron chi connectivity index (χ2n) is 8.19. The van der Waals surface area contributed by atoms with E-state index in [1.807, 2.05) is 0 Å². The quantitative estimate of drug-likeness (QED) is 0.688. The molecular weight excluding hydrogens is 388 g/mol. The van der Waals surface area contributed by atoms with Crippen molar-refractivity contribution in [1.29, 1.82) is 0 Å². The molecule has 1 aromatic heterocycles. The summed E-state index contributed by atoms with van der Waals surface area (Å²) in [6, 6.07) is 8.46. The van der Waals surface area contributed by atoms with Gasteiger partial charge < -0.3 is 15.2 Å². The van der Waals surface area contributed by atoms with Crippen LogP contribution in [0.3, 0.4) is 0 Å². The van der Waals surface area contributed by atoms with Crippen LogP contribution in [0.5, 0.6) is 0 Å². The Kier molecular flexibility index (Phi) is 8.07. The third kappa shape index (κ3) is 6.28. The maximum atomic E-state index is 12.2. The van der Waals surface area contributed by atoms with Crippen molar-refractivity contribution in [3.63, 3.8) is 0 Å². The zero-order valence-corrected chi connectivity index (χ0v) is 17.7. The molecule has 1 amide bonds. The van der Waals surface area contributed by atoms with Crippen LogP contribution >= 0.6 is 12.4 Å². The van der Waals surface area contributed by atoms with Crippen LogP contribution < -0.4 is 10.6 Å². The van der Waals surface area contributed by atoms with Gasteiger partial charge in [-0.25, -0.2) is 0 Å². The molecule has 0 radical (unpaired) electrons. The lowest BCUT2D eigenvalue weighted by molar-refractivity contribution is -0.120. The third-order valence-electron chi connectivity index (χ3n) is 5.93. The first-order chi connectivity index (χ1) is 13.8. The third-order valence-corrected chi connectivity index (χ3v) is 5.93. The molecule has 1 aromatic carbocycles. The molecule has 1 atom stereocenters. The van der Waals surface area contributed by atoms with Crippen molar-refractivity contribution in [3.8, 4) is 0 Å². The summed E-state index contributed by atoms with van der Waals surface area (Å²) in [6.45, 7) is 2.79. The molecule has 158 valence electrons. The van der Waals surface area contributed by atoms with E-state index in [-0.39, 0.29) is 18.3 Å².